The summed E-state index contributed by atoms with van der Waals surface area (Å²) in [5.74, 6) is -0.161. The summed E-state index contributed by atoms with van der Waals surface area (Å²) >= 11 is 1.51. The van der Waals surface area contributed by atoms with Gasteiger partial charge in [-0.25, -0.2) is 13.9 Å². The van der Waals surface area contributed by atoms with Crippen molar-refractivity contribution in [2.24, 2.45) is 0 Å². The van der Waals surface area contributed by atoms with E-state index >= 15 is 0 Å². The zero-order valence-electron chi connectivity index (χ0n) is 17.5. The SMILES string of the molecule is CN(C)c1ccc(-c2ccc(S(=O)(=O)N3CCSC(C)(C)[C@@H]3C(=O)NO)cc2)cc1. The molecule has 2 aromatic rings. The third-order valence-electron chi connectivity index (χ3n) is 5.27. The Morgan fingerprint density at radius 1 is 1.10 bits per heavy atom. The van der Waals surface area contributed by atoms with Gasteiger partial charge in [0.25, 0.3) is 5.91 Å². The first-order valence-corrected chi connectivity index (χ1v) is 12.0. The quantitative estimate of drug-likeness (QED) is 0.539. The lowest BCUT2D eigenvalue weighted by molar-refractivity contribution is -0.134. The maximum absolute atomic E-state index is 13.3. The average Bonchev–Trinajstić information content (AvgIpc) is 2.72. The first kappa shape index (κ1) is 22.6. The highest BCUT2D eigenvalue weighted by Crippen LogP contribution is 2.38. The van der Waals surface area contributed by atoms with Gasteiger partial charge in [-0.1, -0.05) is 24.3 Å². The molecule has 3 rings (SSSR count). The molecule has 0 spiro atoms. The second-order valence-electron chi connectivity index (χ2n) is 7.91. The Kier molecular flexibility index (Phi) is 6.47. The van der Waals surface area contributed by atoms with E-state index in [0.717, 1.165) is 16.8 Å². The number of hydrogen-bond donors (Lipinski definition) is 2. The summed E-state index contributed by atoms with van der Waals surface area (Å²) in [6, 6.07) is 13.6. The third kappa shape index (κ3) is 4.34. The van der Waals surface area contributed by atoms with Gasteiger partial charge in [0.2, 0.25) is 10.0 Å². The zero-order chi connectivity index (χ0) is 22.1. The van der Waals surface area contributed by atoms with Crippen molar-refractivity contribution in [3.8, 4) is 11.1 Å². The normalized spacial score (nSPS) is 19.3. The van der Waals surface area contributed by atoms with Crippen LogP contribution in [0.1, 0.15) is 13.8 Å². The molecule has 1 saturated heterocycles. The number of hydrogen-bond acceptors (Lipinski definition) is 6. The Morgan fingerprint density at radius 3 is 2.13 bits per heavy atom. The van der Waals surface area contributed by atoms with Crippen molar-refractivity contribution >= 4 is 33.4 Å². The summed E-state index contributed by atoms with van der Waals surface area (Å²) in [7, 11) is 0.0303. The van der Waals surface area contributed by atoms with E-state index in [9.17, 15) is 13.2 Å². The van der Waals surface area contributed by atoms with Crippen molar-refractivity contribution in [1.82, 2.24) is 9.79 Å². The second-order valence-corrected chi connectivity index (χ2v) is 11.6. The minimum Gasteiger partial charge on any atom is -0.378 e. The molecule has 1 amide bonds. The van der Waals surface area contributed by atoms with Gasteiger partial charge in [0, 0.05) is 36.8 Å². The fourth-order valence-electron chi connectivity index (χ4n) is 3.63. The minimum atomic E-state index is -3.91. The summed E-state index contributed by atoms with van der Waals surface area (Å²) in [4.78, 5) is 14.4. The molecule has 1 heterocycles. The lowest BCUT2D eigenvalue weighted by atomic mass is 10.0. The molecule has 0 radical (unpaired) electrons. The Balaban J connectivity index is 1.91. The van der Waals surface area contributed by atoms with Crippen LogP contribution in [0.2, 0.25) is 0 Å². The number of benzene rings is 2. The number of anilines is 1. The number of carbonyl (C=O) groups is 1. The standard InChI is InChI=1S/C21H27N3O4S2/c1-21(2)19(20(25)22-26)24(13-14-29-21)30(27,28)18-11-7-16(8-12-18)15-5-9-17(10-6-15)23(3)4/h5-12,19,26H,13-14H2,1-4H3,(H,22,25)/t19-/m0/s1. The molecule has 7 nitrogen and oxygen atoms in total. The molecule has 1 atom stereocenters. The summed E-state index contributed by atoms with van der Waals surface area (Å²) in [5.41, 5.74) is 4.59. The van der Waals surface area contributed by atoms with Gasteiger partial charge in [-0.05, 0) is 49.2 Å². The molecule has 0 unspecified atom stereocenters. The fraction of sp³-hybridized carbons (Fsp3) is 0.381. The topological polar surface area (TPSA) is 90.0 Å². The van der Waals surface area contributed by atoms with Gasteiger partial charge < -0.3 is 4.90 Å². The van der Waals surface area contributed by atoms with Gasteiger partial charge >= 0.3 is 0 Å². The van der Waals surface area contributed by atoms with Gasteiger partial charge in [0.1, 0.15) is 6.04 Å². The number of amides is 1. The van der Waals surface area contributed by atoms with E-state index in [0.29, 0.717) is 5.75 Å². The minimum absolute atomic E-state index is 0.120. The van der Waals surface area contributed by atoms with Crippen molar-refractivity contribution in [1.29, 1.82) is 0 Å². The highest BCUT2D eigenvalue weighted by atomic mass is 32.2. The Hall–Kier alpha value is -2.07. The van der Waals surface area contributed by atoms with Gasteiger partial charge in [-0.15, -0.1) is 0 Å². The van der Waals surface area contributed by atoms with E-state index in [1.807, 2.05) is 43.3 Å². The molecule has 0 aliphatic carbocycles. The van der Waals surface area contributed by atoms with Crippen LogP contribution in [-0.2, 0) is 14.8 Å². The molecule has 1 aliphatic heterocycles. The number of hydroxylamine groups is 1. The second kappa shape index (κ2) is 8.58. The van der Waals surface area contributed by atoms with Crippen LogP contribution in [0.5, 0.6) is 0 Å². The van der Waals surface area contributed by atoms with Crippen molar-refractivity contribution in [3.63, 3.8) is 0 Å². The molecule has 30 heavy (non-hydrogen) atoms. The summed E-state index contributed by atoms with van der Waals surface area (Å²) in [6.07, 6.45) is 0. The Bertz CT molecular complexity index is 1000. The fourth-order valence-corrected chi connectivity index (χ4v) is 6.73. The number of rotatable bonds is 5. The summed E-state index contributed by atoms with van der Waals surface area (Å²) in [5, 5.41) is 9.16. The monoisotopic (exact) mass is 449 g/mol. The lowest BCUT2D eigenvalue weighted by Crippen LogP contribution is -2.61. The van der Waals surface area contributed by atoms with Crippen molar-refractivity contribution in [2.75, 3.05) is 31.3 Å². The van der Waals surface area contributed by atoms with Crippen molar-refractivity contribution < 1.29 is 18.4 Å². The van der Waals surface area contributed by atoms with Crippen LogP contribution in [0.4, 0.5) is 5.69 Å². The molecule has 2 aromatic carbocycles. The summed E-state index contributed by atoms with van der Waals surface area (Å²) in [6.45, 7) is 3.81. The largest absolute Gasteiger partial charge is 0.378 e. The lowest BCUT2D eigenvalue weighted by Gasteiger charge is -2.43. The molecular formula is C21H27N3O4S2. The zero-order valence-corrected chi connectivity index (χ0v) is 19.1. The predicted octanol–water partition coefficient (Wildman–Crippen LogP) is 2.81. The number of nitrogens with one attached hydrogen (secondary N) is 1. The average molecular weight is 450 g/mol. The smallest absolute Gasteiger partial charge is 0.263 e. The third-order valence-corrected chi connectivity index (χ3v) is 8.50. The molecule has 162 valence electrons. The van der Waals surface area contributed by atoms with Gasteiger partial charge in [0.15, 0.2) is 0 Å². The Morgan fingerprint density at radius 2 is 1.63 bits per heavy atom. The highest BCUT2D eigenvalue weighted by Gasteiger charge is 2.48. The molecular weight excluding hydrogens is 422 g/mol. The predicted molar refractivity (Wildman–Crippen MR) is 120 cm³/mol. The van der Waals surface area contributed by atoms with E-state index in [2.05, 4.69) is 0 Å². The van der Waals surface area contributed by atoms with E-state index in [1.165, 1.54) is 16.1 Å². The van der Waals surface area contributed by atoms with E-state index in [-0.39, 0.29) is 11.4 Å². The van der Waals surface area contributed by atoms with Crippen molar-refractivity contribution in [2.45, 2.75) is 29.5 Å². The molecule has 9 heteroatoms. The molecule has 0 aromatic heterocycles. The van der Waals surface area contributed by atoms with Crippen LogP contribution in [-0.4, -0.2) is 61.0 Å². The number of carbonyl (C=O) groups excluding carboxylic acids is 1. The van der Waals surface area contributed by atoms with E-state index < -0.39 is 26.7 Å². The maximum Gasteiger partial charge on any atom is 0.263 e. The first-order valence-electron chi connectivity index (χ1n) is 9.55. The van der Waals surface area contributed by atoms with Gasteiger partial charge in [-0.3, -0.25) is 10.0 Å². The van der Waals surface area contributed by atoms with Crippen LogP contribution in [0.3, 0.4) is 0 Å². The van der Waals surface area contributed by atoms with E-state index in [4.69, 9.17) is 5.21 Å². The van der Waals surface area contributed by atoms with Crippen LogP contribution >= 0.6 is 11.8 Å². The summed E-state index contributed by atoms with van der Waals surface area (Å²) < 4.78 is 27.2. The van der Waals surface area contributed by atoms with Crippen molar-refractivity contribution in [3.05, 3.63) is 48.5 Å². The van der Waals surface area contributed by atoms with E-state index in [1.54, 1.807) is 43.6 Å². The number of thioether (sulfide) groups is 1. The van der Waals surface area contributed by atoms with Crippen LogP contribution in [0, 0.1) is 0 Å². The maximum atomic E-state index is 13.3. The van der Waals surface area contributed by atoms with Crippen LogP contribution in [0.15, 0.2) is 53.4 Å². The molecule has 0 saturated carbocycles. The molecule has 0 bridgehead atoms. The number of sulfonamides is 1. The molecule has 2 N–H and O–H groups in total. The van der Waals surface area contributed by atoms with Crippen LogP contribution < -0.4 is 10.4 Å². The van der Waals surface area contributed by atoms with Crippen LogP contribution in [0.25, 0.3) is 11.1 Å². The number of nitrogens with zero attached hydrogens (tertiary/aromatic N) is 2. The Labute approximate surface area is 182 Å². The first-order chi connectivity index (χ1) is 14.1. The molecule has 1 fully saturated rings. The van der Waals surface area contributed by atoms with Gasteiger partial charge in [0.05, 0.1) is 4.90 Å². The molecule has 1 aliphatic rings. The highest BCUT2D eigenvalue weighted by molar-refractivity contribution is 8.00. The van der Waals surface area contributed by atoms with Gasteiger partial charge in [-0.2, -0.15) is 16.1 Å².